The zero-order valence-electron chi connectivity index (χ0n) is 12.6. The fourth-order valence-electron chi connectivity index (χ4n) is 1.76. The lowest BCUT2D eigenvalue weighted by molar-refractivity contribution is 0.0696. The van der Waals surface area contributed by atoms with Gasteiger partial charge in [-0.1, -0.05) is 6.08 Å². The SMILES string of the molecule is C=CCN(C(=O)NCc1cc(C(=O)O)ccn1)C(C)(C)C. The van der Waals surface area contributed by atoms with Crippen molar-refractivity contribution in [3.05, 3.63) is 42.2 Å². The molecule has 0 unspecified atom stereocenters. The summed E-state index contributed by atoms with van der Waals surface area (Å²) < 4.78 is 0. The molecule has 0 fully saturated rings. The first-order valence-electron chi connectivity index (χ1n) is 6.60. The van der Waals surface area contributed by atoms with E-state index in [-0.39, 0.29) is 23.7 Å². The molecule has 0 saturated heterocycles. The highest BCUT2D eigenvalue weighted by Gasteiger charge is 2.25. The number of amides is 2. The van der Waals surface area contributed by atoms with Gasteiger partial charge in [-0.2, -0.15) is 0 Å². The van der Waals surface area contributed by atoms with Crippen LogP contribution in [0.3, 0.4) is 0 Å². The Balaban J connectivity index is 2.73. The van der Waals surface area contributed by atoms with Crippen LogP contribution in [0, 0.1) is 0 Å². The number of carbonyl (C=O) groups excluding carboxylic acids is 1. The summed E-state index contributed by atoms with van der Waals surface area (Å²) in [5.74, 6) is -1.02. The topological polar surface area (TPSA) is 82.5 Å². The average molecular weight is 291 g/mol. The lowest BCUT2D eigenvalue weighted by atomic mass is 10.1. The van der Waals surface area contributed by atoms with Crippen molar-refractivity contribution in [2.75, 3.05) is 6.54 Å². The number of rotatable bonds is 5. The molecule has 2 N–H and O–H groups in total. The maximum absolute atomic E-state index is 12.2. The van der Waals surface area contributed by atoms with Gasteiger partial charge in [-0.05, 0) is 32.9 Å². The molecule has 6 nitrogen and oxygen atoms in total. The molecule has 0 aliphatic heterocycles. The number of hydrogen-bond donors (Lipinski definition) is 2. The van der Waals surface area contributed by atoms with Gasteiger partial charge in [0, 0.05) is 18.3 Å². The number of carboxylic acid groups (broad SMARTS) is 1. The van der Waals surface area contributed by atoms with E-state index in [0.29, 0.717) is 12.2 Å². The number of nitrogens with one attached hydrogen (secondary N) is 1. The first-order chi connectivity index (χ1) is 9.75. The predicted octanol–water partition coefficient (Wildman–Crippen LogP) is 2.28. The lowest BCUT2D eigenvalue weighted by Crippen LogP contribution is -2.50. The van der Waals surface area contributed by atoms with Crippen LogP contribution in [0.4, 0.5) is 4.79 Å². The molecular formula is C15H21N3O3. The molecule has 1 aromatic heterocycles. The fourth-order valence-corrected chi connectivity index (χ4v) is 1.76. The summed E-state index contributed by atoms with van der Waals surface area (Å²) in [4.78, 5) is 28.8. The Hall–Kier alpha value is -2.37. The second-order valence-electron chi connectivity index (χ2n) is 5.57. The van der Waals surface area contributed by atoms with E-state index in [4.69, 9.17) is 5.11 Å². The molecule has 0 aliphatic carbocycles. The molecule has 6 heteroatoms. The highest BCUT2D eigenvalue weighted by molar-refractivity contribution is 5.87. The molecule has 0 radical (unpaired) electrons. The van der Waals surface area contributed by atoms with Crippen LogP contribution in [0.2, 0.25) is 0 Å². The highest BCUT2D eigenvalue weighted by atomic mass is 16.4. The van der Waals surface area contributed by atoms with Gasteiger partial charge in [0.1, 0.15) is 0 Å². The third-order valence-electron chi connectivity index (χ3n) is 2.85. The molecule has 114 valence electrons. The molecule has 0 aromatic carbocycles. The minimum absolute atomic E-state index is 0.146. The van der Waals surface area contributed by atoms with Gasteiger partial charge in [0.2, 0.25) is 0 Å². The molecule has 1 heterocycles. The Morgan fingerprint density at radius 2 is 2.14 bits per heavy atom. The second-order valence-corrected chi connectivity index (χ2v) is 5.57. The van der Waals surface area contributed by atoms with Gasteiger partial charge in [-0.25, -0.2) is 9.59 Å². The summed E-state index contributed by atoms with van der Waals surface area (Å²) in [5, 5.41) is 11.7. The minimum Gasteiger partial charge on any atom is -0.478 e. The van der Waals surface area contributed by atoms with E-state index in [1.54, 1.807) is 11.0 Å². The first kappa shape index (κ1) is 16.7. The quantitative estimate of drug-likeness (QED) is 0.815. The number of aromatic nitrogens is 1. The molecule has 0 aliphatic rings. The number of hydrogen-bond acceptors (Lipinski definition) is 3. The first-order valence-corrected chi connectivity index (χ1v) is 6.60. The van der Waals surface area contributed by atoms with Crippen molar-refractivity contribution < 1.29 is 14.7 Å². The van der Waals surface area contributed by atoms with E-state index >= 15 is 0 Å². The van der Waals surface area contributed by atoms with E-state index < -0.39 is 5.97 Å². The molecule has 0 saturated carbocycles. The van der Waals surface area contributed by atoms with Crippen LogP contribution in [-0.4, -0.2) is 39.1 Å². The van der Waals surface area contributed by atoms with Gasteiger partial charge < -0.3 is 15.3 Å². The van der Waals surface area contributed by atoms with E-state index in [1.165, 1.54) is 18.3 Å². The Morgan fingerprint density at radius 3 is 2.67 bits per heavy atom. The van der Waals surface area contributed by atoms with E-state index in [0.717, 1.165) is 0 Å². The summed E-state index contributed by atoms with van der Waals surface area (Å²) in [6.45, 7) is 10.0. The van der Waals surface area contributed by atoms with Crippen LogP contribution in [-0.2, 0) is 6.54 Å². The Morgan fingerprint density at radius 1 is 1.48 bits per heavy atom. The smallest absolute Gasteiger partial charge is 0.335 e. The van der Waals surface area contributed by atoms with Gasteiger partial charge in [0.25, 0.3) is 0 Å². The van der Waals surface area contributed by atoms with Gasteiger partial charge in [0.15, 0.2) is 0 Å². The highest BCUT2D eigenvalue weighted by Crippen LogP contribution is 2.13. The summed E-state index contributed by atoms with van der Waals surface area (Å²) in [5.41, 5.74) is 0.304. The van der Waals surface area contributed by atoms with Crippen molar-refractivity contribution in [3.8, 4) is 0 Å². The number of carboxylic acids is 1. The average Bonchev–Trinajstić information content (AvgIpc) is 2.41. The monoisotopic (exact) mass is 291 g/mol. The van der Waals surface area contributed by atoms with Crippen molar-refractivity contribution in [1.29, 1.82) is 0 Å². The second kappa shape index (κ2) is 6.88. The number of aromatic carboxylic acids is 1. The van der Waals surface area contributed by atoms with E-state index in [9.17, 15) is 9.59 Å². The molecule has 0 spiro atoms. The van der Waals surface area contributed by atoms with Gasteiger partial charge in [0.05, 0.1) is 17.8 Å². The predicted molar refractivity (Wildman–Crippen MR) is 80.1 cm³/mol. The van der Waals surface area contributed by atoms with E-state index in [1.807, 2.05) is 20.8 Å². The maximum atomic E-state index is 12.2. The molecule has 1 rings (SSSR count). The largest absolute Gasteiger partial charge is 0.478 e. The maximum Gasteiger partial charge on any atom is 0.335 e. The number of nitrogens with zero attached hydrogens (tertiary/aromatic N) is 2. The van der Waals surface area contributed by atoms with Crippen LogP contribution >= 0.6 is 0 Å². The van der Waals surface area contributed by atoms with Crippen LogP contribution in [0.1, 0.15) is 36.8 Å². The van der Waals surface area contributed by atoms with Crippen LogP contribution < -0.4 is 5.32 Å². The molecule has 0 bridgehead atoms. The van der Waals surface area contributed by atoms with E-state index in [2.05, 4.69) is 16.9 Å². The van der Waals surface area contributed by atoms with Gasteiger partial charge in [-0.3, -0.25) is 4.98 Å². The molecule has 0 atom stereocenters. The van der Waals surface area contributed by atoms with Crippen molar-refractivity contribution >= 4 is 12.0 Å². The lowest BCUT2D eigenvalue weighted by Gasteiger charge is -2.34. The Kier molecular flexibility index (Phi) is 5.46. The zero-order chi connectivity index (χ0) is 16.0. The number of carbonyl (C=O) groups is 2. The normalized spacial score (nSPS) is 10.8. The van der Waals surface area contributed by atoms with Crippen molar-refractivity contribution in [3.63, 3.8) is 0 Å². The Bertz CT molecular complexity index is 535. The van der Waals surface area contributed by atoms with Crippen molar-refractivity contribution in [2.24, 2.45) is 0 Å². The summed E-state index contributed by atoms with van der Waals surface area (Å²) >= 11 is 0. The third kappa shape index (κ3) is 4.91. The van der Waals surface area contributed by atoms with Crippen LogP contribution in [0.5, 0.6) is 0 Å². The van der Waals surface area contributed by atoms with Crippen LogP contribution in [0.25, 0.3) is 0 Å². The summed E-state index contributed by atoms with van der Waals surface area (Å²) in [6, 6.07) is 2.61. The fraction of sp³-hybridized carbons (Fsp3) is 0.400. The molecule has 2 amide bonds. The van der Waals surface area contributed by atoms with Gasteiger partial charge in [-0.15, -0.1) is 6.58 Å². The Labute approximate surface area is 124 Å². The van der Waals surface area contributed by atoms with Crippen LogP contribution in [0.15, 0.2) is 31.0 Å². The number of urea groups is 1. The van der Waals surface area contributed by atoms with Gasteiger partial charge >= 0.3 is 12.0 Å². The number of pyridine rings is 1. The van der Waals surface area contributed by atoms with Crippen molar-refractivity contribution in [2.45, 2.75) is 32.9 Å². The molecule has 1 aromatic rings. The van der Waals surface area contributed by atoms with Crippen molar-refractivity contribution in [1.82, 2.24) is 15.2 Å². The summed E-state index contributed by atoms with van der Waals surface area (Å²) in [7, 11) is 0. The molecule has 21 heavy (non-hydrogen) atoms. The standard InChI is InChI=1S/C15H21N3O3/c1-5-8-18(15(2,3)4)14(21)17-10-12-9-11(13(19)20)6-7-16-12/h5-7,9H,1,8,10H2,2-4H3,(H,17,21)(H,19,20). The minimum atomic E-state index is -1.02. The molecular weight excluding hydrogens is 270 g/mol. The third-order valence-corrected chi connectivity index (χ3v) is 2.85. The zero-order valence-corrected chi connectivity index (χ0v) is 12.6. The summed E-state index contributed by atoms with van der Waals surface area (Å²) in [6.07, 6.45) is 3.07.